The molecular weight excluding hydrogens is 270 g/mol. The van der Waals surface area contributed by atoms with Gasteiger partial charge < -0.3 is 14.8 Å². The smallest absolute Gasteiger partial charge is 0.145 e. The molecule has 0 spiro atoms. The van der Waals surface area contributed by atoms with Crippen molar-refractivity contribution in [3.63, 3.8) is 0 Å². The van der Waals surface area contributed by atoms with Crippen LogP contribution >= 0.6 is 23.4 Å². The van der Waals surface area contributed by atoms with E-state index >= 15 is 0 Å². The van der Waals surface area contributed by atoms with Crippen LogP contribution in [0.4, 0.5) is 5.69 Å². The molecule has 0 aliphatic carbocycles. The molecule has 18 heavy (non-hydrogen) atoms. The van der Waals surface area contributed by atoms with E-state index in [2.05, 4.69) is 5.32 Å². The Bertz CT molecular complexity index is 408. The lowest BCUT2D eigenvalue weighted by Gasteiger charge is -2.25. The summed E-state index contributed by atoms with van der Waals surface area (Å²) in [6.45, 7) is 0. The van der Waals surface area contributed by atoms with E-state index in [1.54, 1.807) is 14.2 Å². The van der Waals surface area contributed by atoms with Gasteiger partial charge in [0, 0.05) is 17.9 Å². The van der Waals surface area contributed by atoms with Gasteiger partial charge in [0.25, 0.3) is 0 Å². The molecular formula is C13H18ClNO2S. The van der Waals surface area contributed by atoms with E-state index in [4.69, 9.17) is 21.1 Å². The minimum absolute atomic E-state index is 0.488. The number of hydrogen-bond donors (Lipinski definition) is 1. The van der Waals surface area contributed by atoms with Crippen LogP contribution in [0.3, 0.4) is 0 Å². The van der Waals surface area contributed by atoms with Crippen molar-refractivity contribution in [3.8, 4) is 11.5 Å². The number of nitrogens with one attached hydrogen (secondary N) is 1. The summed E-state index contributed by atoms with van der Waals surface area (Å²) in [5.41, 5.74) is 0.941. The zero-order valence-corrected chi connectivity index (χ0v) is 12.2. The van der Waals surface area contributed by atoms with Gasteiger partial charge in [0.2, 0.25) is 0 Å². The zero-order chi connectivity index (χ0) is 13.0. The Morgan fingerprint density at radius 3 is 2.67 bits per heavy atom. The lowest BCUT2D eigenvalue weighted by atomic mass is 10.1. The second-order valence-corrected chi connectivity index (χ2v) is 5.80. The maximum absolute atomic E-state index is 6.15. The van der Waals surface area contributed by atoms with Crippen molar-refractivity contribution < 1.29 is 9.47 Å². The van der Waals surface area contributed by atoms with Gasteiger partial charge >= 0.3 is 0 Å². The number of benzene rings is 1. The number of thioether (sulfide) groups is 1. The van der Waals surface area contributed by atoms with Gasteiger partial charge in [0.15, 0.2) is 0 Å². The van der Waals surface area contributed by atoms with Crippen molar-refractivity contribution in [2.24, 2.45) is 0 Å². The minimum atomic E-state index is 0.488. The van der Waals surface area contributed by atoms with Crippen molar-refractivity contribution in [1.29, 1.82) is 0 Å². The Morgan fingerprint density at radius 2 is 2.06 bits per heavy atom. The maximum Gasteiger partial charge on any atom is 0.145 e. The van der Waals surface area contributed by atoms with Crippen LogP contribution in [0, 0.1) is 0 Å². The molecule has 1 aromatic rings. The van der Waals surface area contributed by atoms with E-state index in [0.29, 0.717) is 16.8 Å². The fourth-order valence-electron chi connectivity index (χ4n) is 2.05. The molecule has 0 amide bonds. The van der Waals surface area contributed by atoms with Crippen LogP contribution in [0.2, 0.25) is 5.02 Å². The molecule has 3 nitrogen and oxygen atoms in total. The van der Waals surface area contributed by atoms with E-state index in [-0.39, 0.29) is 0 Å². The summed E-state index contributed by atoms with van der Waals surface area (Å²) < 4.78 is 10.6. The molecule has 1 fully saturated rings. The SMILES string of the molecule is COc1cc(OC)c(NC2CCCSC2)cc1Cl. The van der Waals surface area contributed by atoms with Gasteiger partial charge in [-0.25, -0.2) is 0 Å². The van der Waals surface area contributed by atoms with E-state index < -0.39 is 0 Å². The van der Waals surface area contributed by atoms with Crippen LogP contribution in [-0.4, -0.2) is 31.8 Å². The van der Waals surface area contributed by atoms with Gasteiger partial charge in [-0.15, -0.1) is 0 Å². The predicted octanol–water partition coefficient (Wildman–Crippen LogP) is 3.66. The first kappa shape index (κ1) is 13.7. The molecule has 1 unspecified atom stereocenters. The highest BCUT2D eigenvalue weighted by molar-refractivity contribution is 7.99. The molecule has 0 aromatic heterocycles. The topological polar surface area (TPSA) is 30.5 Å². The number of anilines is 1. The third kappa shape index (κ3) is 3.18. The summed E-state index contributed by atoms with van der Waals surface area (Å²) >= 11 is 8.14. The van der Waals surface area contributed by atoms with E-state index in [1.165, 1.54) is 18.6 Å². The highest BCUT2D eigenvalue weighted by Gasteiger charge is 2.16. The van der Waals surface area contributed by atoms with Crippen LogP contribution in [0.15, 0.2) is 12.1 Å². The number of methoxy groups -OCH3 is 2. The molecule has 1 N–H and O–H groups in total. The number of ether oxygens (including phenoxy) is 2. The van der Waals surface area contributed by atoms with Gasteiger partial charge in [-0.2, -0.15) is 11.8 Å². The highest BCUT2D eigenvalue weighted by Crippen LogP contribution is 2.37. The summed E-state index contributed by atoms with van der Waals surface area (Å²) in [4.78, 5) is 0. The summed E-state index contributed by atoms with van der Waals surface area (Å²) in [6.07, 6.45) is 2.45. The van der Waals surface area contributed by atoms with Crippen LogP contribution in [0.1, 0.15) is 12.8 Å². The van der Waals surface area contributed by atoms with Crippen molar-refractivity contribution in [2.45, 2.75) is 18.9 Å². The summed E-state index contributed by atoms with van der Waals surface area (Å²) in [7, 11) is 3.26. The summed E-state index contributed by atoms with van der Waals surface area (Å²) in [6, 6.07) is 4.18. The molecule has 0 saturated carbocycles. The van der Waals surface area contributed by atoms with E-state index in [0.717, 1.165) is 17.2 Å². The molecule has 2 rings (SSSR count). The second-order valence-electron chi connectivity index (χ2n) is 4.25. The number of halogens is 1. The lowest BCUT2D eigenvalue weighted by molar-refractivity contribution is 0.395. The van der Waals surface area contributed by atoms with E-state index in [1.807, 2.05) is 23.9 Å². The Balaban J connectivity index is 2.17. The lowest BCUT2D eigenvalue weighted by Crippen LogP contribution is -2.25. The van der Waals surface area contributed by atoms with Gasteiger partial charge in [0.05, 0.1) is 24.9 Å². The third-order valence-corrected chi connectivity index (χ3v) is 4.50. The zero-order valence-electron chi connectivity index (χ0n) is 10.7. The fourth-order valence-corrected chi connectivity index (χ4v) is 3.36. The van der Waals surface area contributed by atoms with Crippen LogP contribution < -0.4 is 14.8 Å². The first-order valence-corrected chi connectivity index (χ1v) is 7.53. The summed E-state index contributed by atoms with van der Waals surface area (Å²) in [5, 5.41) is 4.11. The van der Waals surface area contributed by atoms with Crippen LogP contribution in [0.25, 0.3) is 0 Å². The molecule has 1 heterocycles. The molecule has 5 heteroatoms. The van der Waals surface area contributed by atoms with Crippen LogP contribution in [0.5, 0.6) is 11.5 Å². The average Bonchev–Trinajstić information content (AvgIpc) is 2.40. The molecule has 1 aliphatic heterocycles. The average molecular weight is 288 g/mol. The standard InChI is InChI=1S/C13H18ClNO2S/c1-16-12-7-13(17-2)11(6-10(12)14)15-9-4-3-5-18-8-9/h6-7,9,15H,3-5,8H2,1-2H3. The Hall–Kier alpha value is -0.740. The third-order valence-electron chi connectivity index (χ3n) is 2.99. The Morgan fingerprint density at radius 1 is 1.28 bits per heavy atom. The maximum atomic E-state index is 6.15. The van der Waals surface area contributed by atoms with Gasteiger partial charge in [0.1, 0.15) is 11.5 Å². The van der Waals surface area contributed by atoms with Crippen molar-refractivity contribution in [1.82, 2.24) is 0 Å². The molecule has 0 bridgehead atoms. The fraction of sp³-hybridized carbons (Fsp3) is 0.538. The molecule has 100 valence electrons. The van der Waals surface area contributed by atoms with Gasteiger partial charge in [-0.1, -0.05) is 11.6 Å². The number of rotatable bonds is 4. The molecule has 0 radical (unpaired) electrons. The van der Waals surface area contributed by atoms with Crippen molar-refractivity contribution in [2.75, 3.05) is 31.0 Å². The largest absolute Gasteiger partial charge is 0.495 e. The molecule has 1 aromatic carbocycles. The normalized spacial score (nSPS) is 19.4. The quantitative estimate of drug-likeness (QED) is 0.915. The van der Waals surface area contributed by atoms with Crippen molar-refractivity contribution >= 4 is 29.1 Å². The Labute approximate surface area is 117 Å². The molecule has 1 saturated heterocycles. The number of hydrogen-bond acceptors (Lipinski definition) is 4. The van der Waals surface area contributed by atoms with E-state index in [9.17, 15) is 0 Å². The van der Waals surface area contributed by atoms with Gasteiger partial charge in [-0.05, 0) is 24.7 Å². The first-order valence-electron chi connectivity index (χ1n) is 6.00. The van der Waals surface area contributed by atoms with Gasteiger partial charge in [-0.3, -0.25) is 0 Å². The first-order chi connectivity index (χ1) is 8.74. The minimum Gasteiger partial charge on any atom is -0.495 e. The summed E-state index contributed by atoms with van der Waals surface area (Å²) in [5.74, 6) is 3.80. The monoisotopic (exact) mass is 287 g/mol. The van der Waals surface area contributed by atoms with Crippen molar-refractivity contribution in [3.05, 3.63) is 17.2 Å². The highest BCUT2D eigenvalue weighted by atomic mass is 35.5. The molecule has 1 atom stereocenters. The molecule has 1 aliphatic rings. The predicted molar refractivity (Wildman–Crippen MR) is 78.5 cm³/mol. The Kier molecular flexibility index (Phi) is 4.89. The second kappa shape index (κ2) is 6.43. The van der Waals surface area contributed by atoms with Crippen LogP contribution in [-0.2, 0) is 0 Å².